The fourth-order valence-corrected chi connectivity index (χ4v) is 6.72. The Balaban J connectivity index is 1.73. The van der Waals surface area contributed by atoms with Crippen molar-refractivity contribution < 1.29 is 18.0 Å². The van der Waals surface area contributed by atoms with Crippen molar-refractivity contribution in [2.24, 2.45) is 0 Å². The molecule has 1 heterocycles. The molecule has 2 aliphatic rings. The number of anilines is 1. The first-order valence-corrected chi connectivity index (χ1v) is 13.2. The number of amides is 2. The summed E-state index contributed by atoms with van der Waals surface area (Å²) in [7, 11) is -4.02. The van der Waals surface area contributed by atoms with E-state index in [9.17, 15) is 18.0 Å². The van der Waals surface area contributed by atoms with E-state index >= 15 is 0 Å². The first-order chi connectivity index (χ1) is 15.8. The number of hydrogen-bond donors (Lipinski definition) is 0. The second-order valence-electron chi connectivity index (χ2n) is 8.38. The highest BCUT2D eigenvalue weighted by Crippen LogP contribution is 2.35. The lowest BCUT2D eigenvalue weighted by Crippen LogP contribution is -2.50. The van der Waals surface area contributed by atoms with Gasteiger partial charge in [0.1, 0.15) is 6.04 Å². The van der Waals surface area contributed by atoms with Crippen LogP contribution < -0.4 is 4.90 Å². The molecule has 0 aromatic heterocycles. The predicted octanol–water partition coefficient (Wildman–Crippen LogP) is 4.37. The van der Waals surface area contributed by atoms with Crippen LogP contribution in [0.4, 0.5) is 5.69 Å². The van der Waals surface area contributed by atoms with Crippen molar-refractivity contribution in [3.63, 3.8) is 0 Å². The molecule has 2 aromatic carbocycles. The molecule has 1 unspecified atom stereocenters. The molecule has 0 radical (unpaired) electrons. The van der Waals surface area contributed by atoms with Crippen molar-refractivity contribution in [2.75, 3.05) is 4.90 Å². The van der Waals surface area contributed by atoms with Crippen LogP contribution in [0.3, 0.4) is 0 Å². The summed E-state index contributed by atoms with van der Waals surface area (Å²) in [6.07, 6.45) is 4.92. The highest BCUT2D eigenvalue weighted by molar-refractivity contribution is 9.10. The highest BCUT2D eigenvalue weighted by Gasteiger charge is 2.49. The lowest BCUT2D eigenvalue weighted by atomic mass is 10.1. The van der Waals surface area contributed by atoms with E-state index in [0.717, 1.165) is 35.1 Å². The smallest absolute Gasteiger partial charge is 0.252 e. The molecule has 33 heavy (non-hydrogen) atoms. The number of carbonyl (C=O) groups excluding carboxylic acids is 2. The Bertz CT molecular complexity index is 1180. The molecule has 0 spiro atoms. The summed E-state index contributed by atoms with van der Waals surface area (Å²) in [5.74, 6) is -0.992. The van der Waals surface area contributed by atoms with E-state index in [1.54, 1.807) is 12.1 Å². The molecule has 9 heteroatoms. The standard InChI is InChI=1S/C24H24BrN3O4S/c25-18-9-13-21(14-10-18)33(31,32)28(20-5-3-1-2-4-6-20)22-15-23(29)27(24(22)30)19-11-7-17(16-26)8-12-19/h7-14,20,22H,1-6,15H2. The summed E-state index contributed by atoms with van der Waals surface area (Å²) < 4.78 is 29.7. The Hall–Kier alpha value is -2.54. The molecule has 2 aromatic rings. The van der Waals surface area contributed by atoms with E-state index in [2.05, 4.69) is 15.9 Å². The van der Waals surface area contributed by atoms with E-state index < -0.39 is 27.9 Å². The molecular formula is C24H24BrN3O4S. The van der Waals surface area contributed by atoms with Gasteiger partial charge >= 0.3 is 0 Å². The molecule has 172 valence electrons. The third kappa shape index (κ3) is 4.74. The summed E-state index contributed by atoms with van der Waals surface area (Å²) in [5.41, 5.74) is 0.751. The maximum Gasteiger partial charge on any atom is 0.252 e. The molecule has 0 N–H and O–H groups in total. The summed E-state index contributed by atoms with van der Waals surface area (Å²) in [4.78, 5) is 27.6. The second kappa shape index (κ2) is 9.75. The van der Waals surface area contributed by atoms with Crippen molar-refractivity contribution in [3.05, 3.63) is 58.6 Å². The molecule has 1 atom stereocenters. The highest BCUT2D eigenvalue weighted by atomic mass is 79.9. The minimum Gasteiger partial charge on any atom is -0.274 e. The van der Waals surface area contributed by atoms with Crippen molar-refractivity contribution in [3.8, 4) is 6.07 Å². The SMILES string of the molecule is N#Cc1ccc(N2C(=O)CC(N(C3CCCCCC3)S(=O)(=O)c3ccc(Br)cc3)C2=O)cc1. The van der Waals surface area contributed by atoms with E-state index in [4.69, 9.17) is 5.26 Å². The fourth-order valence-electron chi connectivity index (χ4n) is 4.63. The number of nitriles is 1. The van der Waals surface area contributed by atoms with Gasteiger partial charge in [-0.25, -0.2) is 13.3 Å². The Morgan fingerprint density at radius 1 is 0.939 bits per heavy atom. The van der Waals surface area contributed by atoms with Crippen LogP contribution in [0, 0.1) is 11.3 Å². The van der Waals surface area contributed by atoms with Crippen LogP contribution in [0.2, 0.25) is 0 Å². The lowest BCUT2D eigenvalue weighted by Gasteiger charge is -2.33. The van der Waals surface area contributed by atoms with Crippen LogP contribution in [0.5, 0.6) is 0 Å². The monoisotopic (exact) mass is 529 g/mol. The molecule has 1 saturated carbocycles. The van der Waals surface area contributed by atoms with Crippen LogP contribution in [-0.2, 0) is 19.6 Å². The van der Waals surface area contributed by atoms with Gasteiger partial charge in [0, 0.05) is 10.5 Å². The quantitative estimate of drug-likeness (QED) is 0.423. The first kappa shape index (κ1) is 23.6. The lowest BCUT2D eigenvalue weighted by molar-refractivity contribution is -0.122. The fraction of sp³-hybridized carbons (Fsp3) is 0.375. The van der Waals surface area contributed by atoms with Crippen LogP contribution in [0.1, 0.15) is 50.5 Å². The number of imide groups is 1. The summed E-state index contributed by atoms with van der Waals surface area (Å²) in [6, 6.07) is 13.1. The molecule has 2 amide bonds. The Labute approximate surface area is 202 Å². The number of sulfonamides is 1. The molecule has 1 aliphatic carbocycles. The van der Waals surface area contributed by atoms with Crippen molar-refractivity contribution in [1.82, 2.24) is 4.31 Å². The van der Waals surface area contributed by atoms with Gasteiger partial charge in [-0.15, -0.1) is 0 Å². The molecule has 7 nitrogen and oxygen atoms in total. The molecule has 1 aliphatic heterocycles. The summed E-state index contributed by atoms with van der Waals surface area (Å²) in [5, 5.41) is 9.02. The average molecular weight is 530 g/mol. The number of nitrogens with zero attached hydrogens (tertiary/aromatic N) is 3. The Kier molecular flexibility index (Phi) is 6.98. The largest absolute Gasteiger partial charge is 0.274 e. The van der Waals surface area contributed by atoms with Gasteiger partial charge in [-0.2, -0.15) is 9.57 Å². The van der Waals surface area contributed by atoms with Gasteiger partial charge in [-0.05, 0) is 61.4 Å². The number of halogens is 1. The van der Waals surface area contributed by atoms with Crippen LogP contribution >= 0.6 is 15.9 Å². The maximum atomic E-state index is 13.8. The van der Waals surface area contributed by atoms with Gasteiger partial charge in [0.25, 0.3) is 5.91 Å². The van der Waals surface area contributed by atoms with Crippen molar-refractivity contribution in [2.45, 2.75) is 61.9 Å². The van der Waals surface area contributed by atoms with E-state index in [0.29, 0.717) is 24.1 Å². The normalized spacial score (nSPS) is 20.2. The van der Waals surface area contributed by atoms with Crippen LogP contribution in [0.15, 0.2) is 57.9 Å². The van der Waals surface area contributed by atoms with E-state index in [-0.39, 0.29) is 17.4 Å². The predicted molar refractivity (Wildman–Crippen MR) is 127 cm³/mol. The zero-order valence-corrected chi connectivity index (χ0v) is 20.4. The van der Waals surface area contributed by atoms with Gasteiger partial charge in [0.05, 0.1) is 28.6 Å². The Morgan fingerprint density at radius 2 is 1.55 bits per heavy atom. The van der Waals surface area contributed by atoms with Crippen molar-refractivity contribution >= 4 is 43.5 Å². The third-order valence-corrected chi connectivity index (χ3v) is 8.76. The summed E-state index contributed by atoms with van der Waals surface area (Å²) >= 11 is 3.33. The minimum absolute atomic E-state index is 0.104. The zero-order valence-electron chi connectivity index (χ0n) is 18.0. The van der Waals surface area contributed by atoms with Gasteiger partial charge in [-0.3, -0.25) is 9.59 Å². The van der Waals surface area contributed by atoms with Gasteiger partial charge < -0.3 is 0 Å². The molecule has 4 rings (SSSR count). The molecule has 0 bridgehead atoms. The average Bonchev–Trinajstić information content (AvgIpc) is 2.97. The maximum absolute atomic E-state index is 13.8. The topological polar surface area (TPSA) is 98.5 Å². The minimum atomic E-state index is -4.02. The van der Waals surface area contributed by atoms with Gasteiger partial charge in [0.15, 0.2) is 0 Å². The Morgan fingerprint density at radius 3 is 2.12 bits per heavy atom. The van der Waals surface area contributed by atoms with E-state index in [1.165, 1.54) is 40.7 Å². The molecule has 2 fully saturated rings. The number of hydrogen-bond acceptors (Lipinski definition) is 5. The zero-order chi connectivity index (χ0) is 23.6. The molecular weight excluding hydrogens is 506 g/mol. The number of benzene rings is 2. The van der Waals surface area contributed by atoms with Gasteiger partial charge in [-0.1, -0.05) is 41.6 Å². The van der Waals surface area contributed by atoms with Crippen LogP contribution in [0.25, 0.3) is 0 Å². The molecule has 1 saturated heterocycles. The van der Waals surface area contributed by atoms with E-state index in [1.807, 2.05) is 6.07 Å². The summed E-state index contributed by atoms with van der Waals surface area (Å²) in [6.45, 7) is 0. The second-order valence-corrected chi connectivity index (χ2v) is 11.1. The number of rotatable bonds is 5. The third-order valence-electron chi connectivity index (χ3n) is 6.26. The van der Waals surface area contributed by atoms with Gasteiger partial charge in [0.2, 0.25) is 15.9 Å². The first-order valence-electron chi connectivity index (χ1n) is 11.0. The number of carbonyl (C=O) groups is 2. The van der Waals surface area contributed by atoms with Crippen LogP contribution in [-0.4, -0.2) is 36.6 Å². The van der Waals surface area contributed by atoms with Crippen molar-refractivity contribution in [1.29, 1.82) is 5.26 Å².